The SMILES string of the molecule is CNC(=O)c1cccc(NC(=O)C(C)N2C[C@@H](CN)[C@H](c3ccccc3)C2)c1.Cl. The molecule has 4 N–H and O–H groups in total. The highest BCUT2D eigenvalue weighted by Gasteiger charge is 2.36. The third kappa shape index (κ3) is 5.35. The van der Waals surface area contributed by atoms with Gasteiger partial charge < -0.3 is 16.4 Å². The zero-order valence-electron chi connectivity index (χ0n) is 16.8. The Labute approximate surface area is 178 Å². The van der Waals surface area contributed by atoms with E-state index in [2.05, 4.69) is 27.7 Å². The van der Waals surface area contributed by atoms with E-state index in [1.165, 1.54) is 5.56 Å². The molecule has 2 aromatic carbocycles. The molecule has 6 nitrogen and oxygen atoms in total. The third-order valence-electron chi connectivity index (χ3n) is 5.55. The highest BCUT2D eigenvalue weighted by molar-refractivity contribution is 5.98. The largest absolute Gasteiger partial charge is 0.355 e. The number of nitrogens with two attached hydrogens (primary N) is 1. The number of hydrogen-bond acceptors (Lipinski definition) is 4. The molecule has 7 heteroatoms. The topological polar surface area (TPSA) is 87.5 Å². The lowest BCUT2D eigenvalue weighted by molar-refractivity contribution is -0.120. The van der Waals surface area contributed by atoms with Crippen LogP contribution in [0.3, 0.4) is 0 Å². The van der Waals surface area contributed by atoms with Gasteiger partial charge in [0.1, 0.15) is 0 Å². The van der Waals surface area contributed by atoms with Gasteiger partial charge >= 0.3 is 0 Å². The highest BCUT2D eigenvalue weighted by Crippen LogP contribution is 2.33. The average molecular weight is 417 g/mol. The van der Waals surface area contributed by atoms with Crippen LogP contribution in [0, 0.1) is 5.92 Å². The molecule has 2 aromatic rings. The molecule has 0 aromatic heterocycles. The van der Waals surface area contributed by atoms with Gasteiger partial charge in [0.25, 0.3) is 5.91 Å². The molecule has 1 heterocycles. The van der Waals surface area contributed by atoms with Crippen LogP contribution in [0.5, 0.6) is 0 Å². The number of amides is 2. The number of benzene rings is 2. The second-order valence-corrected chi connectivity index (χ2v) is 7.29. The van der Waals surface area contributed by atoms with Gasteiger partial charge in [0.15, 0.2) is 0 Å². The van der Waals surface area contributed by atoms with Gasteiger partial charge in [0, 0.05) is 37.3 Å². The maximum absolute atomic E-state index is 12.8. The molecule has 1 aliphatic rings. The number of hydrogen-bond donors (Lipinski definition) is 3. The van der Waals surface area contributed by atoms with Crippen molar-refractivity contribution in [2.75, 3.05) is 32.0 Å². The first-order valence-electron chi connectivity index (χ1n) is 9.65. The van der Waals surface area contributed by atoms with Crippen LogP contribution in [-0.2, 0) is 4.79 Å². The number of likely N-dealkylation sites (tertiary alicyclic amines) is 1. The Bertz CT molecular complexity index is 831. The minimum atomic E-state index is -0.286. The molecule has 0 radical (unpaired) electrons. The van der Waals surface area contributed by atoms with Crippen LogP contribution in [-0.4, -0.2) is 49.4 Å². The fourth-order valence-electron chi connectivity index (χ4n) is 3.83. The highest BCUT2D eigenvalue weighted by atomic mass is 35.5. The first-order chi connectivity index (χ1) is 13.5. The smallest absolute Gasteiger partial charge is 0.251 e. The summed E-state index contributed by atoms with van der Waals surface area (Å²) in [6.07, 6.45) is 0. The van der Waals surface area contributed by atoms with E-state index in [1.807, 2.05) is 25.1 Å². The number of carbonyl (C=O) groups excluding carboxylic acids is 2. The molecule has 0 aliphatic carbocycles. The van der Waals surface area contributed by atoms with Gasteiger partial charge in [0.2, 0.25) is 5.91 Å². The molecular formula is C22H29ClN4O2. The van der Waals surface area contributed by atoms with Gasteiger partial charge in [-0.3, -0.25) is 14.5 Å². The van der Waals surface area contributed by atoms with Gasteiger partial charge in [-0.05, 0) is 43.1 Å². The first kappa shape index (κ1) is 22.9. The van der Waals surface area contributed by atoms with Crippen molar-refractivity contribution < 1.29 is 9.59 Å². The van der Waals surface area contributed by atoms with Crippen LogP contribution < -0.4 is 16.4 Å². The van der Waals surface area contributed by atoms with Crippen LogP contribution in [0.15, 0.2) is 54.6 Å². The minimum Gasteiger partial charge on any atom is -0.355 e. The predicted octanol–water partition coefficient (Wildman–Crippen LogP) is 2.47. The van der Waals surface area contributed by atoms with E-state index in [-0.39, 0.29) is 30.3 Å². The maximum Gasteiger partial charge on any atom is 0.251 e. The Morgan fingerprint density at radius 3 is 2.52 bits per heavy atom. The van der Waals surface area contributed by atoms with Crippen molar-refractivity contribution in [3.05, 3.63) is 65.7 Å². The Hall–Kier alpha value is -2.41. The van der Waals surface area contributed by atoms with Crippen molar-refractivity contribution in [1.82, 2.24) is 10.2 Å². The fraction of sp³-hybridized carbons (Fsp3) is 0.364. The van der Waals surface area contributed by atoms with E-state index in [4.69, 9.17) is 5.73 Å². The number of rotatable bonds is 6. The van der Waals surface area contributed by atoms with Gasteiger partial charge in [0.05, 0.1) is 6.04 Å². The van der Waals surface area contributed by atoms with E-state index in [0.717, 1.165) is 13.1 Å². The lowest BCUT2D eigenvalue weighted by atomic mass is 9.89. The van der Waals surface area contributed by atoms with Gasteiger partial charge in [-0.25, -0.2) is 0 Å². The number of carbonyl (C=O) groups is 2. The Balaban J connectivity index is 0.00000300. The summed E-state index contributed by atoms with van der Waals surface area (Å²) in [6, 6.07) is 17.0. The molecule has 1 unspecified atom stereocenters. The second-order valence-electron chi connectivity index (χ2n) is 7.29. The monoisotopic (exact) mass is 416 g/mol. The lowest BCUT2D eigenvalue weighted by Gasteiger charge is -2.23. The molecule has 3 atom stereocenters. The summed E-state index contributed by atoms with van der Waals surface area (Å²) in [5.74, 6) is 0.394. The standard InChI is InChI=1S/C22H28N4O2.ClH/c1-15(21(27)25-19-10-6-9-17(11-19)22(28)24-2)26-13-18(12-23)20(14-26)16-7-4-3-5-8-16;/h3-11,15,18,20H,12-14,23H2,1-2H3,(H,24,28)(H,25,27);1H/t15?,18-,20+;/m1./s1. The van der Waals surface area contributed by atoms with Gasteiger partial charge in [-0.15, -0.1) is 12.4 Å². The molecular weight excluding hydrogens is 388 g/mol. The molecule has 156 valence electrons. The lowest BCUT2D eigenvalue weighted by Crippen LogP contribution is -2.41. The molecule has 0 spiro atoms. The molecule has 1 saturated heterocycles. The van der Waals surface area contributed by atoms with E-state index >= 15 is 0 Å². The van der Waals surface area contributed by atoms with Crippen molar-refractivity contribution in [1.29, 1.82) is 0 Å². The molecule has 29 heavy (non-hydrogen) atoms. The summed E-state index contributed by atoms with van der Waals surface area (Å²) >= 11 is 0. The van der Waals surface area contributed by atoms with Crippen molar-refractivity contribution in [2.45, 2.75) is 18.9 Å². The quantitative estimate of drug-likeness (QED) is 0.675. The van der Waals surface area contributed by atoms with Crippen LogP contribution >= 0.6 is 12.4 Å². The molecule has 1 fully saturated rings. The van der Waals surface area contributed by atoms with E-state index in [1.54, 1.807) is 31.3 Å². The van der Waals surface area contributed by atoms with Crippen molar-refractivity contribution in [3.8, 4) is 0 Å². The van der Waals surface area contributed by atoms with E-state index < -0.39 is 0 Å². The zero-order chi connectivity index (χ0) is 20.1. The maximum atomic E-state index is 12.8. The Morgan fingerprint density at radius 1 is 1.14 bits per heavy atom. The molecule has 3 rings (SSSR count). The van der Waals surface area contributed by atoms with Crippen molar-refractivity contribution in [2.24, 2.45) is 11.7 Å². The second kappa shape index (κ2) is 10.4. The van der Waals surface area contributed by atoms with Crippen LogP contribution in [0.1, 0.15) is 28.8 Å². The average Bonchev–Trinajstić information content (AvgIpc) is 3.17. The van der Waals surface area contributed by atoms with Crippen LogP contribution in [0.2, 0.25) is 0 Å². The summed E-state index contributed by atoms with van der Waals surface area (Å²) in [7, 11) is 1.58. The fourth-order valence-corrected chi connectivity index (χ4v) is 3.83. The van der Waals surface area contributed by atoms with Crippen LogP contribution in [0.4, 0.5) is 5.69 Å². The Morgan fingerprint density at radius 2 is 1.86 bits per heavy atom. The predicted molar refractivity (Wildman–Crippen MR) is 118 cm³/mol. The van der Waals surface area contributed by atoms with Crippen molar-refractivity contribution in [3.63, 3.8) is 0 Å². The summed E-state index contributed by atoms with van der Waals surface area (Å²) in [5, 5.41) is 5.52. The molecule has 2 amide bonds. The van der Waals surface area contributed by atoms with Crippen molar-refractivity contribution >= 4 is 29.9 Å². The van der Waals surface area contributed by atoms with Gasteiger partial charge in [-0.2, -0.15) is 0 Å². The number of nitrogens with one attached hydrogen (secondary N) is 2. The van der Waals surface area contributed by atoms with E-state index in [9.17, 15) is 9.59 Å². The molecule has 0 bridgehead atoms. The van der Waals surface area contributed by atoms with Gasteiger partial charge in [-0.1, -0.05) is 36.4 Å². The first-order valence-corrected chi connectivity index (χ1v) is 9.65. The summed E-state index contributed by atoms with van der Waals surface area (Å²) in [4.78, 5) is 26.8. The zero-order valence-corrected chi connectivity index (χ0v) is 17.6. The minimum absolute atomic E-state index is 0. The Kier molecular flexibility index (Phi) is 8.20. The number of nitrogens with zero attached hydrogens (tertiary/aromatic N) is 1. The summed E-state index contributed by atoms with van der Waals surface area (Å²) in [6.45, 7) is 4.11. The third-order valence-corrected chi connectivity index (χ3v) is 5.55. The number of halogens is 1. The van der Waals surface area contributed by atoms with E-state index in [0.29, 0.717) is 29.6 Å². The molecule has 1 aliphatic heterocycles. The molecule has 0 saturated carbocycles. The summed E-state index contributed by atoms with van der Waals surface area (Å²) < 4.78 is 0. The normalized spacial score (nSPS) is 19.8. The van der Waals surface area contributed by atoms with Crippen LogP contribution in [0.25, 0.3) is 0 Å². The summed E-state index contributed by atoms with van der Waals surface area (Å²) in [5.41, 5.74) is 8.42. The number of anilines is 1.